The molecular weight excluding hydrogens is 364 g/mol. The van der Waals surface area contributed by atoms with E-state index >= 15 is 0 Å². The number of nitrogens with zero attached hydrogens (tertiary/aromatic N) is 2. The number of carbonyl (C=O) groups is 2. The molecule has 3 rings (SSSR count). The first-order valence-corrected chi connectivity index (χ1v) is 9.47. The molecule has 0 aromatic heterocycles. The molecule has 0 radical (unpaired) electrons. The molecule has 156 valence electrons. The van der Waals surface area contributed by atoms with E-state index < -0.39 is 0 Å². The summed E-state index contributed by atoms with van der Waals surface area (Å²) in [6.45, 7) is 5.02. The zero-order valence-corrected chi connectivity index (χ0v) is 16.6. The monoisotopic (exact) mass is 394 g/mol. The molecule has 1 amide bonds. The molecule has 2 aliphatic heterocycles. The zero-order valence-electron chi connectivity index (χ0n) is 16.6. The number of hydrogen-bond donors (Lipinski definition) is 1. The van der Waals surface area contributed by atoms with Gasteiger partial charge in [-0.1, -0.05) is 6.07 Å². The third kappa shape index (κ3) is 6.38. The molecule has 0 aliphatic carbocycles. The van der Waals surface area contributed by atoms with Gasteiger partial charge in [0.2, 0.25) is 5.91 Å². The third-order valence-corrected chi connectivity index (χ3v) is 5.06. The number of carbonyl (C=O) groups excluding carboxylic acids is 1. The second-order valence-corrected chi connectivity index (χ2v) is 6.88. The van der Waals surface area contributed by atoms with Gasteiger partial charge in [-0.15, -0.1) is 0 Å². The van der Waals surface area contributed by atoms with Crippen molar-refractivity contribution in [3.63, 3.8) is 0 Å². The van der Waals surface area contributed by atoms with E-state index in [1.165, 1.54) is 5.56 Å². The van der Waals surface area contributed by atoms with Crippen molar-refractivity contribution in [3.05, 3.63) is 23.8 Å². The highest BCUT2D eigenvalue weighted by molar-refractivity contribution is 5.78. The van der Waals surface area contributed by atoms with Gasteiger partial charge in [-0.2, -0.15) is 0 Å². The van der Waals surface area contributed by atoms with Crippen LogP contribution in [0.2, 0.25) is 0 Å². The van der Waals surface area contributed by atoms with Crippen LogP contribution in [0.3, 0.4) is 0 Å². The summed E-state index contributed by atoms with van der Waals surface area (Å²) in [6.07, 6.45) is 2.13. The number of methoxy groups -OCH3 is 2. The molecule has 1 N–H and O–H groups in total. The van der Waals surface area contributed by atoms with Crippen molar-refractivity contribution < 1.29 is 28.9 Å². The van der Waals surface area contributed by atoms with Gasteiger partial charge in [-0.05, 0) is 43.0 Å². The third-order valence-electron chi connectivity index (χ3n) is 5.06. The Morgan fingerprint density at radius 1 is 1.21 bits per heavy atom. The summed E-state index contributed by atoms with van der Waals surface area (Å²) in [6, 6.07) is 6.12. The largest absolute Gasteiger partial charge is 0.493 e. The van der Waals surface area contributed by atoms with Crippen molar-refractivity contribution in [1.29, 1.82) is 0 Å². The molecule has 0 saturated carbocycles. The van der Waals surface area contributed by atoms with Gasteiger partial charge < -0.3 is 24.2 Å². The average molecular weight is 394 g/mol. The Kier molecular flexibility index (Phi) is 9.03. The molecule has 8 heteroatoms. The van der Waals surface area contributed by atoms with Crippen molar-refractivity contribution in [2.24, 2.45) is 5.92 Å². The van der Waals surface area contributed by atoms with Crippen LogP contribution in [-0.2, 0) is 20.7 Å². The van der Waals surface area contributed by atoms with Gasteiger partial charge in [0.25, 0.3) is 6.47 Å². The fraction of sp³-hybridized carbons (Fsp3) is 0.600. The SMILES string of the molecule is COc1ccc(CC2CCN(CC(=O)N3CCOCC3)C2)cc1OC.O=CO. The minimum absolute atomic E-state index is 0.232. The van der Waals surface area contributed by atoms with Crippen LogP contribution >= 0.6 is 0 Å². The highest BCUT2D eigenvalue weighted by Crippen LogP contribution is 2.30. The Labute approximate surface area is 166 Å². The van der Waals surface area contributed by atoms with Crippen molar-refractivity contribution in [3.8, 4) is 11.5 Å². The highest BCUT2D eigenvalue weighted by atomic mass is 16.5. The van der Waals surface area contributed by atoms with E-state index in [9.17, 15) is 4.79 Å². The van der Waals surface area contributed by atoms with Crippen molar-refractivity contribution in [2.75, 3.05) is 60.2 Å². The lowest BCUT2D eigenvalue weighted by Gasteiger charge is -2.28. The summed E-state index contributed by atoms with van der Waals surface area (Å²) in [5.74, 6) is 2.35. The number of ether oxygens (including phenoxy) is 3. The Balaban J connectivity index is 0.000000878. The normalized spacial score (nSPS) is 19.5. The van der Waals surface area contributed by atoms with Crippen LogP contribution in [0.15, 0.2) is 18.2 Å². The molecule has 28 heavy (non-hydrogen) atoms. The fourth-order valence-electron chi connectivity index (χ4n) is 3.67. The molecular formula is C20H30N2O6. The number of likely N-dealkylation sites (tertiary alicyclic amines) is 1. The van der Waals surface area contributed by atoms with E-state index in [1.807, 2.05) is 11.0 Å². The quantitative estimate of drug-likeness (QED) is 0.724. The van der Waals surface area contributed by atoms with E-state index in [-0.39, 0.29) is 12.4 Å². The molecule has 8 nitrogen and oxygen atoms in total. The molecule has 2 saturated heterocycles. The van der Waals surface area contributed by atoms with Crippen LogP contribution in [0, 0.1) is 5.92 Å². The summed E-state index contributed by atoms with van der Waals surface area (Å²) >= 11 is 0. The highest BCUT2D eigenvalue weighted by Gasteiger charge is 2.26. The van der Waals surface area contributed by atoms with E-state index in [0.717, 1.165) is 50.5 Å². The second kappa shape index (κ2) is 11.5. The molecule has 0 spiro atoms. The summed E-state index contributed by atoms with van der Waals surface area (Å²) in [7, 11) is 3.31. The molecule has 1 aromatic rings. The number of rotatable bonds is 6. The zero-order chi connectivity index (χ0) is 20.4. The molecule has 2 heterocycles. The molecule has 0 bridgehead atoms. The second-order valence-electron chi connectivity index (χ2n) is 6.88. The number of morpholine rings is 1. The maximum atomic E-state index is 12.4. The predicted molar refractivity (Wildman–Crippen MR) is 104 cm³/mol. The molecule has 1 aromatic carbocycles. The van der Waals surface area contributed by atoms with E-state index in [4.69, 9.17) is 24.1 Å². The first-order chi connectivity index (χ1) is 13.6. The first-order valence-electron chi connectivity index (χ1n) is 9.47. The van der Waals surface area contributed by atoms with E-state index in [1.54, 1.807) is 14.2 Å². The number of benzene rings is 1. The van der Waals surface area contributed by atoms with Crippen LogP contribution in [0.5, 0.6) is 11.5 Å². The van der Waals surface area contributed by atoms with Gasteiger partial charge in [-0.3, -0.25) is 14.5 Å². The van der Waals surface area contributed by atoms with Crippen LogP contribution in [0.4, 0.5) is 0 Å². The van der Waals surface area contributed by atoms with Gasteiger partial charge in [0.05, 0.1) is 34.0 Å². The lowest BCUT2D eigenvalue weighted by atomic mass is 9.98. The summed E-state index contributed by atoms with van der Waals surface area (Å²) in [5, 5.41) is 6.89. The Hall–Kier alpha value is -2.32. The molecule has 2 aliphatic rings. The minimum Gasteiger partial charge on any atom is -0.493 e. The summed E-state index contributed by atoms with van der Waals surface area (Å²) in [5.41, 5.74) is 1.25. The lowest BCUT2D eigenvalue weighted by molar-refractivity contribution is -0.136. The van der Waals surface area contributed by atoms with Gasteiger partial charge >= 0.3 is 0 Å². The summed E-state index contributed by atoms with van der Waals surface area (Å²) in [4.78, 5) is 24.9. The standard InChI is InChI=1S/C19H28N2O4.CH2O2/c1-23-17-4-3-15(12-18(17)24-2)11-16-5-6-20(13-16)14-19(22)21-7-9-25-10-8-21;2-1-3/h3-4,12,16H,5-11,13-14H2,1-2H3;1H,(H,2,3). The number of hydrogen-bond acceptors (Lipinski definition) is 6. The lowest BCUT2D eigenvalue weighted by Crippen LogP contribution is -2.45. The van der Waals surface area contributed by atoms with Crippen molar-refractivity contribution in [2.45, 2.75) is 12.8 Å². The minimum atomic E-state index is -0.250. The Morgan fingerprint density at radius 2 is 1.89 bits per heavy atom. The topological polar surface area (TPSA) is 88.5 Å². The van der Waals surface area contributed by atoms with Crippen LogP contribution in [0.25, 0.3) is 0 Å². The molecule has 1 atom stereocenters. The Bertz CT molecular complexity index is 633. The average Bonchev–Trinajstić information content (AvgIpc) is 3.15. The van der Waals surface area contributed by atoms with Crippen LogP contribution in [0.1, 0.15) is 12.0 Å². The van der Waals surface area contributed by atoms with Crippen LogP contribution < -0.4 is 9.47 Å². The van der Waals surface area contributed by atoms with Gasteiger partial charge in [0.15, 0.2) is 11.5 Å². The van der Waals surface area contributed by atoms with Gasteiger partial charge in [-0.25, -0.2) is 0 Å². The van der Waals surface area contributed by atoms with E-state index in [0.29, 0.717) is 25.7 Å². The fourth-order valence-corrected chi connectivity index (χ4v) is 3.67. The maximum absolute atomic E-state index is 12.4. The molecule has 2 fully saturated rings. The van der Waals surface area contributed by atoms with Crippen molar-refractivity contribution >= 4 is 12.4 Å². The smallest absolute Gasteiger partial charge is 0.290 e. The Morgan fingerprint density at radius 3 is 2.54 bits per heavy atom. The molecule has 1 unspecified atom stereocenters. The predicted octanol–water partition coefficient (Wildman–Crippen LogP) is 1.13. The number of amides is 1. The van der Waals surface area contributed by atoms with Gasteiger partial charge in [0.1, 0.15) is 0 Å². The first kappa shape index (κ1) is 22.0. The van der Waals surface area contributed by atoms with Crippen molar-refractivity contribution in [1.82, 2.24) is 9.80 Å². The maximum Gasteiger partial charge on any atom is 0.290 e. The van der Waals surface area contributed by atoms with E-state index in [2.05, 4.69) is 17.0 Å². The van der Waals surface area contributed by atoms with Crippen LogP contribution in [-0.4, -0.2) is 87.4 Å². The summed E-state index contributed by atoms with van der Waals surface area (Å²) < 4.78 is 16.0. The number of carboxylic acid groups (broad SMARTS) is 1. The van der Waals surface area contributed by atoms with Gasteiger partial charge in [0, 0.05) is 19.6 Å².